The van der Waals surface area contributed by atoms with Gasteiger partial charge in [-0.25, -0.2) is 0 Å². The van der Waals surface area contributed by atoms with Crippen molar-refractivity contribution in [3.63, 3.8) is 0 Å². The second-order valence-electron chi connectivity index (χ2n) is 8.13. The van der Waals surface area contributed by atoms with Gasteiger partial charge in [-0.15, -0.1) is 0 Å². The molecule has 2 N–H and O–H groups in total. The van der Waals surface area contributed by atoms with Crippen molar-refractivity contribution >= 4 is 17.5 Å². The normalized spacial score (nSPS) is 19.7. The van der Waals surface area contributed by atoms with Crippen LogP contribution >= 0.6 is 0 Å². The summed E-state index contributed by atoms with van der Waals surface area (Å²) in [6.45, 7) is 3.24. The number of hydrogen-bond acceptors (Lipinski definition) is 5. The van der Waals surface area contributed by atoms with Crippen LogP contribution in [0.4, 0.5) is 0 Å². The molecule has 2 aromatic rings. The van der Waals surface area contributed by atoms with Crippen LogP contribution in [0.15, 0.2) is 53.5 Å². The van der Waals surface area contributed by atoms with Gasteiger partial charge >= 0.3 is 0 Å². The molecule has 30 heavy (non-hydrogen) atoms. The summed E-state index contributed by atoms with van der Waals surface area (Å²) in [7, 11) is 0. The van der Waals surface area contributed by atoms with Crippen molar-refractivity contribution in [2.75, 3.05) is 39.4 Å². The third kappa shape index (κ3) is 3.20. The molecule has 3 aliphatic heterocycles. The van der Waals surface area contributed by atoms with Crippen molar-refractivity contribution in [1.82, 2.24) is 9.80 Å². The Morgan fingerprint density at radius 2 is 1.60 bits per heavy atom. The highest BCUT2D eigenvalue weighted by Gasteiger charge is 2.45. The minimum atomic E-state index is -0.885. The van der Waals surface area contributed by atoms with Gasteiger partial charge in [0.25, 0.3) is 5.91 Å². The highest BCUT2D eigenvalue weighted by Crippen LogP contribution is 2.23. The average molecular weight is 404 g/mol. The van der Waals surface area contributed by atoms with Gasteiger partial charge < -0.3 is 20.3 Å². The maximum Gasteiger partial charge on any atom is 0.253 e. The molecule has 2 saturated heterocycles. The van der Waals surface area contributed by atoms with E-state index in [1.54, 1.807) is 9.80 Å². The largest absolute Gasteiger partial charge is 0.376 e. The smallest absolute Gasteiger partial charge is 0.253 e. The van der Waals surface area contributed by atoms with Gasteiger partial charge in [0.15, 0.2) is 0 Å². The van der Waals surface area contributed by atoms with Gasteiger partial charge in [-0.1, -0.05) is 36.4 Å². The predicted molar refractivity (Wildman–Crippen MR) is 112 cm³/mol. The Balaban J connectivity index is 1.23. The summed E-state index contributed by atoms with van der Waals surface area (Å²) in [4.78, 5) is 33.6. The van der Waals surface area contributed by atoms with Crippen LogP contribution in [0, 0.1) is 0 Å². The van der Waals surface area contributed by atoms with Crippen molar-refractivity contribution in [1.29, 1.82) is 0 Å². The molecule has 3 heterocycles. The van der Waals surface area contributed by atoms with E-state index in [9.17, 15) is 9.59 Å². The van der Waals surface area contributed by atoms with E-state index in [4.69, 9.17) is 10.5 Å². The van der Waals surface area contributed by atoms with E-state index >= 15 is 0 Å². The zero-order valence-corrected chi connectivity index (χ0v) is 16.7. The molecule has 0 aromatic heterocycles. The summed E-state index contributed by atoms with van der Waals surface area (Å²) in [6, 6.07) is 15.9. The first-order valence-corrected chi connectivity index (χ1v) is 10.2. The number of nitrogens with zero attached hydrogens (tertiary/aromatic N) is 3. The molecule has 0 bridgehead atoms. The van der Waals surface area contributed by atoms with E-state index < -0.39 is 5.54 Å². The number of ether oxygens (including phenoxy) is 1. The quantitative estimate of drug-likeness (QED) is 0.828. The number of benzene rings is 2. The first kappa shape index (κ1) is 19.0. The van der Waals surface area contributed by atoms with Crippen LogP contribution < -0.4 is 5.73 Å². The van der Waals surface area contributed by atoms with Gasteiger partial charge in [-0.2, -0.15) is 0 Å². The molecule has 2 fully saturated rings. The van der Waals surface area contributed by atoms with Crippen LogP contribution in [0.2, 0.25) is 0 Å². The van der Waals surface area contributed by atoms with E-state index in [0.717, 1.165) is 16.8 Å². The fourth-order valence-electron chi connectivity index (χ4n) is 4.21. The molecule has 154 valence electrons. The molecular weight excluding hydrogens is 380 g/mol. The molecule has 5 rings (SSSR count). The van der Waals surface area contributed by atoms with Crippen molar-refractivity contribution in [3.8, 4) is 0 Å². The standard InChI is InChI=1S/C23H24N4O3/c24-23(14-30-15-23)22(29)27-11-9-26(10-12-27)21(28)17-7-5-16(6-8-17)20-19-4-2-1-3-18(19)13-25-20/h1-8H,9-15,24H2. The topological polar surface area (TPSA) is 88.2 Å². The molecule has 0 spiro atoms. The van der Waals surface area contributed by atoms with Crippen molar-refractivity contribution in [3.05, 3.63) is 70.8 Å². The van der Waals surface area contributed by atoms with Gasteiger partial charge in [0.2, 0.25) is 5.91 Å². The van der Waals surface area contributed by atoms with Crippen molar-refractivity contribution in [2.45, 2.75) is 12.1 Å². The van der Waals surface area contributed by atoms with Gasteiger partial charge in [0.05, 0.1) is 25.5 Å². The Kier molecular flexibility index (Phi) is 4.64. The number of amides is 2. The van der Waals surface area contributed by atoms with Gasteiger partial charge in [-0.05, 0) is 17.7 Å². The molecule has 0 radical (unpaired) electrons. The lowest BCUT2D eigenvalue weighted by atomic mass is 9.96. The van der Waals surface area contributed by atoms with E-state index in [2.05, 4.69) is 17.1 Å². The van der Waals surface area contributed by atoms with E-state index in [-0.39, 0.29) is 25.0 Å². The fraction of sp³-hybridized carbons (Fsp3) is 0.348. The van der Waals surface area contributed by atoms with Gasteiger partial charge in [-0.3, -0.25) is 14.6 Å². The molecule has 7 nitrogen and oxygen atoms in total. The number of nitrogens with two attached hydrogens (primary N) is 1. The zero-order valence-electron chi connectivity index (χ0n) is 16.7. The fourth-order valence-corrected chi connectivity index (χ4v) is 4.21. The molecule has 7 heteroatoms. The number of rotatable bonds is 3. The highest BCUT2D eigenvalue weighted by atomic mass is 16.5. The van der Waals surface area contributed by atoms with Crippen LogP contribution in [0.5, 0.6) is 0 Å². The maximum absolute atomic E-state index is 12.9. The lowest BCUT2D eigenvalue weighted by Gasteiger charge is -2.43. The predicted octanol–water partition coefficient (Wildman–Crippen LogP) is 1.05. The summed E-state index contributed by atoms with van der Waals surface area (Å²) in [5.74, 6) is -0.0975. The lowest BCUT2D eigenvalue weighted by Crippen LogP contribution is -2.68. The molecule has 0 unspecified atom stereocenters. The second-order valence-corrected chi connectivity index (χ2v) is 8.13. The molecule has 0 saturated carbocycles. The Hall–Kier alpha value is -3.03. The first-order valence-electron chi connectivity index (χ1n) is 10.2. The third-order valence-electron chi connectivity index (χ3n) is 6.08. The number of piperazine rings is 1. The Morgan fingerprint density at radius 1 is 0.933 bits per heavy atom. The van der Waals surface area contributed by atoms with Crippen LogP contribution in [0.25, 0.3) is 0 Å². The SMILES string of the molecule is NC1(C(=O)N2CCN(C(=O)c3ccc(C4=NCc5ccccc54)cc3)CC2)COC1. The van der Waals surface area contributed by atoms with Crippen LogP contribution in [0.3, 0.4) is 0 Å². The second kappa shape index (κ2) is 7.34. The number of carbonyl (C=O) groups excluding carboxylic acids is 2. The Labute approximate surface area is 175 Å². The highest BCUT2D eigenvalue weighted by molar-refractivity contribution is 6.15. The Morgan fingerprint density at radius 3 is 2.27 bits per heavy atom. The monoisotopic (exact) mass is 404 g/mol. The molecule has 0 atom stereocenters. The molecular formula is C23H24N4O3. The van der Waals surface area contributed by atoms with E-state index in [1.165, 1.54) is 5.56 Å². The summed E-state index contributed by atoms with van der Waals surface area (Å²) in [6.07, 6.45) is 0. The summed E-state index contributed by atoms with van der Waals surface area (Å²) in [5, 5.41) is 0. The van der Waals surface area contributed by atoms with Crippen LogP contribution in [0.1, 0.15) is 27.0 Å². The van der Waals surface area contributed by atoms with Gasteiger partial charge in [0, 0.05) is 42.9 Å². The number of fused-ring (bicyclic) bond motifs is 1. The van der Waals surface area contributed by atoms with Crippen molar-refractivity contribution in [2.24, 2.45) is 10.7 Å². The first-order chi connectivity index (χ1) is 14.5. The molecule has 0 aliphatic carbocycles. The van der Waals surface area contributed by atoms with Gasteiger partial charge in [0.1, 0.15) is 5.54 Å². The van der Waals surface area contributed by atoms with E-state index in [1.807, 2.05) is 36.4 Å². The number of carbonyl (C=O) groups is 2. The summed E-state index contributed by atoms with van der Waals surface area (Å²) < 4.78 is 5.09. The minimum Gasteiger partial charge on any atom is -0.376 e. The zero-order chi connectivity index (χ0) is 20.7. The third-order valence-corrected chi connectivity index (χ3v) is 6.08. The summed E-state index contributed by atoms with van der Waals surface area (Å²) in [5.41, 5.74) is 10.2. The average Bonchev–Trinajstić information content (AvgIpc) is 3.21. The summed E-state index contributed by atoms with van der Waals surface area (Å²) >= 11 is 0. The minimum absolute atomic E-state index is 0.0168. The number of hydrogen-bond donors (Lipinski definition) is 1. The van der Waals surface area contributed by atoms with E-state index in [0.29, 0.717) is 38.3 Å². The van der Waals surface area contributed by atoms with Crippen LogP contribution in [-0.2, 0) is 16.1 Å². The number of aliphatic imine (C=N–C) groups is 1. The van der Waals surface area contributed by atoms with Crippen molar-refractivity contribution < 1.29 is 14.3 Å². The Bertz CT molecular complexity index is 1020. The molecule has 3 aliphatic rings. The lowest BCUT2D eigenvalue weighted by molar-refractivity contribution is -0.155. The van der Waals surface area contributed by atoms with Crippen LogP contribution in [-0.4, -0.2) is 72.3 Å². The maximum atomic E-state index is 12.9. The molecule has 2 amide bonds. The molecule has 2 aromatic carbocycles.